The third-order valence-electron chi connectivity index (χ3n) is 3.98. The van der Waals surface area contributed by atoms with E-state index in [9.17, 15) is 27.6 Å². The van der Waals surface area contributed by atoms with E-state index in [-0.39, 0.29) is 25.4 Å². The van der Waals surface area contributed by atoms with Crippen LogP contribution in [0.3, 0.4) is 0 Å². The normalized spacial score (nSPS) is 10.8. The molecular formula is C21H21F3N2O5. The van der Waals surface area contributed by atoms with Crippen molar-refractivity contribution in [2.75, 3.05) is 19.7 Å². The summed E-state index contributed by atoms with van der Waals surface area (Å²) < 4.78 is 48.4. The molecule has 0 atom stereocenters. The molecule has 0 aliphatic carbocycles. The van der Waals surface area contributed by atoms with Gasteiger partial charge in [0.1, 0.15) is 5.75 Å². The Hall–Kier alpha value is -3.56. The van der Waals surface area contributed by atoms with E-state index in [0.717, 1.165) is 12.1 Å². The van der Waals surface area contributed by atoms with Gasteiger partial charge in [0.2, 0.25) is 0 Å². The first-order valence-corrected chi connectivity index (χ1v) is 9.39. The van der Waals surface area contributed by atoms with Crippen LogP contribution in [-0.2, 0) is 10.9 Å². The standard InChI is InChI=1S/C21H21F3N2O5/c1-2-30-20(29)31-15-10-8-14(9-11-15)18(27)25-12-5-13-26-19(28)16-6-3-4-7-17(16)21(22,23)24/h3-4,6-11H,2,5,12-13H2,1H3,(H,25,27)(H,26,28). The van der Waals surface area contributed by atoms with Gasteiger partial charge in [0.15, 0.2) is 0 Å². The molecule has 0 spiro atoms. The molecule has 0 saturated heterocycles. The quantitative estimate of drug-likeness (QED) is 0.372. The zero-order valence-electron chi connectivity index (χ0n) is 16.6. The van der Waals surface area contributed by atoms with E-state index >= 15 is 0 Å². The fraction of sp³-hybridized carbons (Fsp3) is 0.286. The second kappa shape index (κ2) is 11.0. The Balaban J connectivity index is 1.76. The molecule has 2 N–H and O–H groups in total. The number of ether oxygens (including phenoxy) is 2. The van der Waals surface area contributed by atoms with Crippen LogP contribution >= 0.6 is 0 Å². The van der Waals surface area contributed by atoms with Crippen LogP contribution in [0.25, 0.3) is 0 Å². The Morgan fingerprint density at radius 2 is 1.52 bits per heavy atom. The van der Waals surface area contributed by atoms with Crippen LogP contribution in [0.2, 0.25) is 0 Å². The molecule has 2 aromatic rings. The molecule has 0 radical (unpaired) electrons. The van der Waals surface area contributed by atoms with Gasteiger partial charge in [-0.3, -0.25) is 9.59 Å². The van der Waals surface area contributed by atoms with Crippen LogP contribution in [0, 0.1) is 0 Å². The lowest BCUT2D eigenvalue weighted by Gasteiger charge is -2.12. The largest absolute Gasteiger partial charge is 0.513 e. The predicted octanol–water partition coefficient (Wildman–Crippen LogP) is 3.79. The topological polar surface area (TPSA) is 93.7 Å². The van der Waals surface area contributed by atoms with Crippen LogP contribution in [0.1, 0.15) is 39.6 Å². The van der Waals surface area contributed by atoms with Gasteiger partial charge >= 0.3 is 12.3 Å². The van der Waals surface area contributed by atoms with E-state index in [1.807, 2.05) is 0 Å². The highest BCUT2D eigenvalue weighted by Gasteiger charge is 2.34. The molecule has 0 aromatic heterocycles. The van der Waals surface area contributed by atoms with Crippen molar-refractivity contribution in [3.05, 3.63) is 65.2 Å². The minimum atomic E-state index is -4.63. The summed E-state index contributed by atoms with van der Waals surface area (Å²) in [5.41, 5.74) is -1.14. The van der Waals surface area contributed by atoms with E-state index in [2.05, 4.69) is 15.4 Å². The highest BCUT2D eigenvalue weighted by Crippen LogP contribution is 2.31. The number of benzene rings is 2. The molecule has 0 aliphatic rings. The van der Waals surface area contributed by atoms with E-state index in [4.69, 9.17) is 4.74 Å². The molecular weight excluding hydrogens is 417 g/mol. The van der Waals surface area contributed by atoms with E-state index in [0.29, 0.717) is 12.0 Å². The lowest BCUT2D eigenvalue weighted by Crippen LogP contribution is -2.31. The Morgan fingerprint density at radius 3 is 2.13 bits per heavy atom. The van der Waals surface area contributed by atoms with Crippen molar-refractivity contribution in [1.29, 1.82) is 0 Å². The predicted molar refractivity (Wildman–Crippen MR) is 105 cm³/mol. The first kappa shape index (κ1) is 23.7. The molecule has 0 aliphatic heterocycles. The average Bonchev–Trinajstić information content (AvgIpc) is 2.73. The molecule has 0 fully saturated rings. The number of amides is 2. The Kier molecular flexibility index (Phi) is 8.42. The van der Waals surface area contributed by atoms with E-state index < -0.39 is 35.3 Å². The summed E-state index contributed by atoms with van der Waals surface area (Å²) in [7, 11) is 0. The monoisotopic (exact) mass is 438 g/mol. The van der Waals surface area contributed by atoms with Gasteiger partial charge < -0.3 is 20.1 Å². The van der Waals surface area contributed by atoms with Gasteiger partial charge in [-0.05, 0) is 49.7 Å². The van der Waals surface area contributed by atoms with Gasteiger partial charge in [0.25, 0.3) is 11.8 Å². The number of nitrogens with one attached hydrogen (secondary N) is 2. The molecule has 31 heavy (non-hydrogen) atoms. The Labute approximate surface area is 176 Å². The van der Waals surface area contributed by atoms with Crippen molar-refractivity contribution in [3.8, 4) is 5.75 Å². The number of carbonyl (C=O) groups excluding carboxylic acids is 3. The molecule has 0 saturated carbocycles. The lowest BCUT2D eigenvalue weighted by atomic mass is 10.1. The van der Waals surface area contributed by atoms with Gasteiger partial charge in [-0.15, -0.1) is 0 Å². The highest BCUT2D eigenvalue weighted by atomic mass is 19.4. The summed E-state index contributed by atoms with van der Waals surface area (Å²) in [4.78, 5) is 35.4. The molecule has 7 nitrogen and oxygen atoms in total. The molecule has 166 valence electrons. The van der Waals surface area contributed by atoms with Gasteiger partial charge in [0.05, 0.1) is 17.7 Å². The number of hydrogen-bond acceptors (Lipinski definition) is 5. The summed E-state index contributed by atoms with van der Waals surface area (Å²) in [5, 5.41) is 5.04. The first-order valence-electron chi connectivity index (χ1n) is 9.39. The van der Waals surface area contributed by atoms with E-state index in [1.54, 1.807) is 6.92 Å². The summed E-state index contributed by atoms with van der Waals surface area (Å²) in [6.45, 7) is 2.09. The number of halogens is 3. The SMILES string of the molecule is CCOC(=O)Oc1ccc(C(=O)NCCCNC(=O)c2ccccc2C(F)(F)F)cc1. The zero-order valence-corrected chi connectivity index (χ0v) is 16.6. The van der Waals surface area contributed by atoms with Gasteiger partial charge in [-0.2, -0.15) is 13.2 Å². The fourth-order valence-corrected chi connectivity index (χ4v) is 2.54. The van der Waals surface area contributed by atoms with Crippen molar-refractivity contribution in [3.63, 3.8) is 0 Å². The number of alkyl halides is 3. The second-order valence-electron chi connectivity index (χ2n) is 6.22. The summed E-state index contributed by atoms with van der Waals surface area (Å²) in [6.07, 6.45) is -5.16. The van der Waals surface area contributed by atoms with Crippen molar-refractivity contribution in [2.45, 2.75) is 19.5 Å². The average molecular weight is 438 g/mol. The van der Waals surface area contributed by atoms with Crippen LogP contribution in [0.15, 0.2) is 48.5 Å². The van der Waals surface area contributed by atoms with Gasteiger partial charge in [-0.1, -0.05) is 12.1 Å². The smallest absolute Gasteiger partial charge is 0.434 e. The van der Waals surface area contributed by atoms with Crippen LogP contribution in [0.4, 0.5) is 18.0 Å². The highest BCUT2D eigenvalue weighted by molar-refractivity contribution is 5.96. The van der Waals surface area contributed by atoms with Crippen LogP contribution in [0.5, 0.6) is 5.75 Å². The first-order chi connectivity index (χ1) is 14.7. The minimum absolute atomic E-state index is 0.0810. The third kappa shape index (κ3) is 7.32. The maximum Gasteiger partial charge on any atom is 0.513 e. The second-order valence-corrected chi connectivity index (χ2v) is 6.22. The fourth-order valence-electron chi connectivity index (χ4n) is 2.54. The third-order valence-corrected chi connectivity index (χ3v) is 3.98. The van der Waals surface area contributed by atoms with Crippen LogP contribution < -0.4 is 15.4 Å². The zero-order chi connectivity index (χ0) is 22.9. The molecule has 2 aromatic carbocycles. The van der Waals surface area contributed by atoms with Crippen molar-refractivity contribution < 1.29 is 37.0 Å². The number of rotatable bonds is 8. The maximum atomic E-state index is 13.0. The van der Waals surface area contributed by atoms with E-state index in [1.165, 1.54) is 36.4 Å². The number of hydrogen-bond donors (Lipinski definition) is 2. The minimum Gasteiger partial charge on any atom is -0.434 e. The van der Waals surface area contributed by atoms with Gasteiger partial charge in [-0.25, -0.2) is 4.79 Å². The molecule has 0 heterocycles. The van der Waals surface area contributed by atoms with Gasteiger partial charge in [0, 0.05) is 18.7 Å². The summed E-state index contributed by atoms with van der Waals surface area (Å²) >= 11 is 0. The molecule has 0 unspecified atom stereocenters. The molecule has 2 amide bonds. The maximum absolute atomic E-state index is 13.0. The molecule has 0 bridgehead atoms. The lowest BCUT2D eigenvalue weighted by molar-refractivity contribution is -0.137. The van der Waals surface area contributed by atoms with Crippen LogP contribution in [-0.4, -0.2) is 37.7 Å². The summed E-state index contributed by atoms with van der Waals surface area (Å²) in [5.74, 6) is -1.01. The molecule has 10 heteroatoms. The number of carbonyl (C=O) groups is 3. The van der Waals surface area contributed by atoms with Crippen molar-refractivity contribution in [1.82, 2.24) is 10.6 Å². The van der Waals surface area contributed by atoms with Crippen molar-refractivity contribution in [2.24, 2.45) is 0 Å². The Bertz CT molecular complexity index is 914. The van der Waals surface area contributed by atoms with Crippen molar-refractivity contribution >= 4 is 18.0 Å². The Morgan fingerprint density at radius 1 is 0.903 bits per heavy atom. The molecule has 2 rings (SSSR count). The summed E-state index contributed by atoms with van der Waals surface area (Å²) in [6, 6.07) is 10.3.